The Hall–Kier alpha value is -9.26. The Labute approximate surface area is 439 Å². The van der Waals surface area contributed by atoms with E-state index in [2.05, 4.69) is 31.9 Å². The predicted octanol–water partition coefficient (Wildman–Crippen LogP) is 8.14. The molecule has 6 amide bonds. The highest BCUT2D eigenvalue weighted by Gasteiger charge is 2.58. The van der Waals surface area contributed by atoms with Crippen molar-refractivity contribution in [1.82, 2.24) is 0 Å². The van der Waals surface area contributed by atoms with Gasteiger partial charge in [-0.3, -0.25) is 31.9 Å². The molecular weight excluding hydrogens is 1000 g/mol. The van der Waals surface area contributed by atoms with Crippen LogP contribution in [0.15, 0.2) is 182 Å². The molecule has 0 unspecified atom stereocenters. The summed E-state index contributed by atoms with van der Waals surface area (Å²) in [5.74, 6) is 0. The highest BCUT2D eigenvalue weighted by atomic mass is 16.8. The fourth-order valence-corrected chi connectivity index (χ4v) is 7.96. The van der Waals surface area contributed by atoms with Crippen molar-refractivity contribution in [2.45, 2.75) is 61.4 Å². The van der Waals surface area contributed by atoms with E-state index < -0.39 is 111 Å². The van der Waals surface area contributed by atoms with Gasteiger partial charge in [0.1, 0.15) is 12.2 Å². The molecule has 400 valence electrons. The molecule has 2 aliphatic heterocycles. The van der Waals surface area contributed by atoms with Crippen molar-refractivity contribution in [1.29, 1.82) is 0 Å². The summed E-state index contributed by atoms with van der Waals surface area (Å²) in [6, 6.07) is 48.3. The van der Waals surface area contributed by atoms with Crippen molar-refractivity contribution in [3.05, 3.63) is 182 Å². The van der Waals surface area contributed by atoms with E-state index in [0.717, 1.165) is 0 Å². The lowest BCUT2D eigenvalue weighted by molar-refractivity contribution is -0.372. The Morgan fingerprint density at radius 1 is 0.312 bits per heavy atom. The Morgan fingerprint density at radius 3 is 0.714 bits per heavy atom. The van der Waals surface area contributed by atoms with Gasteiger partial charge in [-0.15, -0.1) is 0 Å². The fraction of sp³-hybridized carbons (Fsp3) is 0.222. The summed E-state index contributed by atoms with van der Waals surface area (Å²) in [7, 11) is 0. The minimum Gasteiger partial charge on any atom is -0.439 e. The number of benzene rings is 6. The van der Waals surface area contributed by atoms with Gasteiger partial charge < -0.3 is 52.8 Å². The predicted molar refractivity (Wildman–Crippen MR) is 275 cm³/mol. The van der Waals surface area contributed by atoms with Gasteiger partial charge in [-0.1, -0.05) is 109 Å². The van der Waals surface area contributed by atoms with Gasteiger partial charge in [0.25, 0.3) is 0 Å². The number of ether oxygens (including phenoxy) is 9. The second-order valence-electron chi connectivity index (χ2n) is 16.8. The van der Waals surface area contributed by atoms with Crippen LogP contribution in [0.5, 0.6) is 0 Å². The van der Waals surface area contributed by atoms with Crippen LogP contribution in [0.25, 0.3) is 0 Å². The van der Waals surface area contributed by atoms with E-state index >= 15 is 0 Å². The summed E-state index contributed by atoms with van der Waals surface area (Å²) in [6.45, 7) is -1.96. The number of hydrogen-bond donors (Lipinski definition) is 8. The molecular formula is C54H52N6O17. The van der Waals surface area contributed by atoms with E-state index in [1.54, 1.807) is 158 Å². The number of amides is 6. The summed E-state index contributed by atoms with van der Waals surface area (Å²) < 4.78 is 54.5. The molecule has 2 fully saturated rings. The van der Waals surface area contributed by atoms with Gasteiger partial charge in [0.05, 0.1) is 13.2 Å². The van der Waals surface area contributed by atoms with Gasteiger partial charge in [0, 0.05) is 34.1 Å². The molecule has 6 aromatic rings. The van der Waals surface area contributed by atoms with Crippen LogP contribution in [0.3, 0.4) is 0 Å². The maximum Gasteiger partial charge on any atom is 0.412 e. The molecule has 6 aromatic carbocycles. The molecule has 0 saturated carbocycles. The molecule has 0 radical (unpaired) electrons. The number of para-hydroxylation sites is 6. The zero-order chi connectivity index (χ0) is 53.9. The van der Waals surface area contributed by atoms with Crippen LogP contribution in [0.4, 0.5) is 62.9 Å². The number of carbonyl (C=O) groups is 6. The first-order chi connectivity index (χ1) is 37.5. The Kier molecular flexibility index (Phi) is 18.8. The summed E-state index contributed by atoms with van der Waals surface area (Å²) in [5.41, 5.74) is 1.56. The first kappa shape index (κ1) is 54.0. The lowest BCUT2D eigenvalue weighted by atomic mass is 9.97. The second kappa shape index (κ2) is 26.8. The van der Waals surface area contributed by atoms with E-state index in [1.165, 1.54) is 24.3 Å². The van der Waals surface area contributed by atoms with Gasteiger partial charge in [-0.2, -0.15) is 0 Å². The molecule has 2 aliphatic rings. The quantitative estimate of drug-likeness (QED) is 0.0424. The number of carbonyl (C=O) groups excluding carboxylic acids is 6. The third-order valence-electron chi connectivity index (χ3n) is 11.4. The van der Waals surface area contributed by atoms with Crippen LogP contribution in [-0.4, -0.2) is 121 Å². The second-order valence-corrected chi connectivity index (χ2v) is 16.8. The minimum absolute atomic E-state index is 0.240. The summed E-state index contributed by atoms with van der Waals surface area (Å²) in [5, 5.41) is 37.2. The monoisotopic (exact) mass is 1060 g/mol. The molecule has 2 heterocycles. The van der Waals surface area contributed by atoms with Crippen LogP contribution in [0, 0.1) is 0 Å². The highest BCUT2D eigenvalue weighted by Crippen LogP contribution is 2.36. The third-order valence-corrected chi connectivity index (χ3v) is 11.4. The van der Waals surface area contributed by atoms with Gasteiger partial charge in [-0.25, -0.2) is 28.8 Å². The SMILES string of the molecule is O=C(Nc1ccccc1)O[C@@H]1[C@@H](OC(=O)Nc2ccccc2)[C@@H](O[C@H]2O[C@H](CO)[C@@H](OC(=O)Nc3ccccc3)[C@H](OC(=O)Nc3ccccc3)[C@H]2OC(=O)Nc2ccccc2)O[C@H](CO)[C@H]1OC(=O)Nc1ccccc1. The minimum atomic E-state index is -2.09. The third kappa shape index (κ3) is 15.4. The molecule has 23 nitrogen and oxygen atoms in total. The molecule has 77 heavy (non-hydrogen) atoms. The average Bonchev–Trinajstić information content (AvgIpc) is 3.44. The standard InChI is InChI=1S/C54H52N6O17/c61-31-39-41(71-49(63)55-33-19-7-1-8-20-33)43(73-51(65)57-35-23-11-3-12-24-35)45(75-53(67)59-37-27-15-5-16-28-37)47(69-39)77-48-46(76-54(68)60-38-29-17-6-18-30-38)44(74-52(66)58-36-25-13-4-14-26-36)42(40(32-62)70-48)72-50(64)56-34-21-9-2-10-22-34/h1-30,39-48,61-62H,31-32H2,(H,55,63)(H,56,64)(H,57,65)(H,58,66)(H,59,67)(H,60,68)/t39-,40-,41-,42-,43+,44+,45-,46-,47-,48-/m1/s1. The van der Waals surface area contributed by atoms with Crippen molar-refractivity contribution in [3.63, 3.8) is 0 Å². The van der Waals surface area contributed by atoms with Crippen LogP contribution in [0.1, 0.15) is 0 Å². The fourth-order valence-electron chi connectivity index (χ4n) is 7.96. The van der Waals surface area contributed by atoms with Crippen molar-refractivity contribution in [3.8, 4) is 0 Å². The largest absolute Gasteiger partial charge is 0.439 e. The van der Waals surface area contributed by atoms with Gasteiger partial charge in [0.15, 0.2) is 36.6 Å². The normalized spacial score (nSPS) is 22.5. The van der Waals surface area contributed by atoms with Crippen molar-refractivity contribution in [2.75, 3.05) is 45.1 Å². The molecule has 8 N–H and O–H groups in total. The van der Waals surface area contributed by atoms with E-state index in [-0.39, 0.29) is 34.1 Å². The Morgan fingerprint density at radius 2 is 0.506 bits per heavy atom. The number of anilines is 6. The van der Waals surface area contributed by atoms with Crippen molar-refractivity contribution in [2.24, 2.45) is 0 Å². The number of rotatable bonds is 16. The van der Waals surface area contributed by atoms with E-state index in [4.69, 9.17) is 42.6 Å². The van der Waals surface area contributed by atoms with Gasteiger partial charge in [0.2, 0.25) is 12.6 Å². The van der Waals surface area contributed by atoms with Gasteiger partial charge >= 0.3 is 36.6 Å². The van der Waals surface area contributed by atoms with E-state index in [0.29, 0.717) is 0 Å². The molecule has 0 aromatic heterocycles. The van der Waals surface area contributed by atoms with Crippen molar-refractivity contribution >= 4 is 70.7 Å². The zero-order valence-corrected chi connectivity index (χ0v) is 40.5. The van der Waals surface area contributed by atoms with Crippen LogP contribution >= 0.6 is 0 Å². The Bertz CT molecular complexity index is 2670. The number of aliphatic hydroxyl groups is 2. The first-order valence-corrected chi connectivity index (χ1v) is 23.9. The summed E-state index contributed by atoms with van der Waals surface area (Å²) in [4.78, 5) is 83.2. The zero-order valence-electron chi connectivity index (χ0n) is 40.5. The number of nitrogens with one attached hydrogen (secondary N) is 6. The van der Waals surface area contributed by atoms with Crippen LogP contribution < -0.4 is 31.9 Å². The molecule has 23 heteroatoms. The average molecular weight is 1060 g/mol. The van der Waals surface area contributed by atoms with E-state index in [9.17, 15) is 39.0 Å². The number of hydrogen-bond acceptors (Lipinski definition) is 17. The van der Waals surface area contributed by atoms with Gasteiger partial charge in [-0.05, 0) is 72.8 Å². The smallest absolute Gasteiger partial charge is 0.412 e. The summed E-state index contributed by atoms with van der Waals surface area (Å²) in [6.07, 6.45) is -26.1. The lowest BCUT2D eigenvalue weighted by Gasteiger charge is -2.47. The summed E-state index contributed by atoms with van der Waals surface area (Å²) >= 11 is 0. The van der Waals surface area contributed by atoms with Crippen LogP contribution in [0.2, 0.25) is 0 Å². The highest BCUT2D eigenvalue weighted by molar-refractivity contribution is 5.88. The topological polar surface area (TPSA) is 298 Å². The molecule has 0 bridgehead atoms. The van der Waals surface area contributed by atoms with E-state index in [1.807, 2.05) is 0 Å². The van der Waals surface area contributed by atoms with Crippen LogP contribution in [-0.2, 0) is 42.6 Å². The molecule has 0 spiro atoms. The maximum absolute atomic E-state index is 14.0. The lowest BCUT2D eigenvalue weighted by Crippen LogP contribution is -2.67. The Balaban J connectivity index is 1.19. The molecule has 2 saturated heterocycles. The molecule has 10 atom stereocenters. The maximum atomic E-state index is 14.0. The molecule has 8 rings (SSSR count). The molecule has 0 aliphatic carbocycles. The number of aliphatic hydroxyl groups excluding tert-OH is 2. The first-order valence-electron chi connectivity index (χ1n) is 23.9. The van der Waals surface area contributed by atoms with Crippen molar-refractivity contribution < 1.29 is 81.6 Å².